The molecular formula is C15H16FNO. The fourth-order valence-electron chi connectivity index (χ4n) is 1.86. The highest BCUT2D eigenvalue weighted by Gasteiger charge is 2.08. The Labute approximate surface area is 106 Å². The van der Waals surface area contributed by atoms with Gasteiger partial charge in [-0.05, 0) is 36.8 Å². The number of anilines is 1. The number of hydrogen-bond donors (Lipinski definition) is 1. The van der Waals surface area contributed by atoms with Gasteiger partial charge >= 0.3 is 0 Å². The summed E-state index contributed by atoms with van der Waals surface area (Å²) < 4.78 is 18.4. The van der Waals surface area contributed by atoms with E-state index in [9.17, 15) is 4.39 Å². The first-order valence-corrected chi connectivity index (χ1v) is 5.85. The van der Waals surface area contributed by atoms with E-state index in [1.807, 2.05) is 37.3 Å². The first kappa shape index (κ1) is 12.4. The van der Waals surface area contributed by atoms with Crippen LogP contribution in [0.25, 0.3) is 0 Å². The lowest BCUT2D eigenvalue weighted by molar-refractivity contribution is 0.416. The number of nitrogens with one attached hydrogen (secondary N) is 1. The number of para-hydroxylation sites is 2. The van der Waals surface area contributed by atoms with Gasteiger partial charge in [0, 0.05) is 6.04 Å². The lowest BCUT2D eigenvalue weighted by atomic mass is 10.1. The summed E-state index contributed by atoms with van der Waals surface area (Å²) in [6.45, 7) is 1.99. The Kier molecular flexibility index (Phi) is 3.82. The molecule has 0 aliphatic rings. The van der Waals surface area contributed by atoms with E-state index in [0.29, 0.717) is 0 Å². The Morgan fingerprint density at radius 1 is 1.11 bits per heavy atom. The molecule has 1 unspecified atom stereocenters. The van der Waals surface area contributed by atoms with Gasteiger partial charge in [-0.2, -0.15) is 0 Å². The summed E-state index contributed by atoms with van der Waals surface area (Å²) in [6.07, 6.45) is 0. The molecule has 0 bridgehead atoms. The Bertz CT molecular complexity index is 527. The third-order valence-corrected chi connectivity index (χ3v) is 2.83. The Morgan fingerprint density at radius 3 is 2.61 bits per heavy atom. The molecule has 0 aromatic heterocycles. The van der Waals surface area contributed by atoms with Gasteiger partial charge in [0.25, 0.3) is 0 Å². The highest BCUT2D eigenvalue weighted by molar-refractivity contribution is 5.57. The zero-order valence-corrected chi connectivity index (χ0v) is 10.5. The van der Waals surface area contributed by atoms with Crippen LogP contribution in [0, 0.1) is 5.82 Å². The van der Waals surface area contributed by atoms with Crippen LogP contribution in [0.2, 0.25) is 0 Å². The van der Waals surface area contributed by atoms with Gasteiger partial charge in [-0.1, -0.05) is 24.3 Å². The quantitative estimate of drug-likeness (QED) is 0.878. The molecule has 0 amide bonds. The zero-order valence-electron chi connectivity index (χ0n) is 10.5. The number of halogens is 1. The topological polar surface area (TPSA) is 21.3 Å². The molecule has 2 aromatic rings. The molecule has 0 heterocycles. The number of rotatable bonds is 4. The van der Waals surface area contributed by atoms with E-state index in [1.54, 1.807) is 13.2 Å². The van der Waals surface area contributed by atoms with E-state index in [-0.39, 0.29) is 11.9 Å². The van der Waals surface area contributed by atoms with Crippen molar-refractivity contribution < 1.29 is 9.13 Å². The summed E-state index contributed by atoms with van der Waals surface area (Å²) in [5.74, 6) is 0.557. The molecule has 2 aromatic carbocycles. The average molecular weight is 245 g/mol. The molecule has 0 aliphatic carbocycles. The summed E-state index contributed by atoms with van der Waals surface area (Å²) in [4.78, 5) is 0. The molecule has 0 radical (unpaired) electrons. The van der Waals surface area contributed by atoms with Crippen LogP contribution in [0.15, 0.2) is 48.5 Å². The molecule has 0 saturated carbocycles. The van der Waals surface area contributed by atoms with Crippen molar-refractivity contribution in [1.82, 2.24) is 0 Å². The van der Waals surface area contributed by atoms with Crippen LogP contribution >= 0.6 is 0 Å². The molecule has 18 heavy (non-hydrogen) atoms. The van der Waals surface area contributed by atoms with Gasteiger partial charge in [-0.25, -0.2) is 4.39 Å². The molecule has 1 atom stereocenters. The maximum atomic E-state index is 13.2. The fraction of sp³-hybridized carbons (Fsp3) is 0.200. The van der Waals surface area contributed by atoms with E-state index in [4.69, 9.17) is 4.74 Å². The molecule has 94 valence electrons. The molecule has 1 N–H and O–H groups in total. The SMILES string of the molecule is COc1ccccc1NC(C)c1cccc(F)c1. The molecule has 0 fully saturated rings. The second-order valence-corrected chi connectivity index (χ2v) is 4.12. The normalized spacial score (nSPS) is 11.9. The monoisotopic (exact) mass is 245 g/mol. The molecule has 0 spiro atoms. The molecular weight excluding hydrogens is 229 g/mol. The zero-order chi connectivity index (χ0) is 13.0. The van der Waals surface area contributed by atoms with Crippen molar-refractivity contribution in [2.45, 2.75) is 13.0 Å². The number of hydrogen-bond acceptors (Lipinski definition) is 2. The number of benzene rings is 2. The van der Waals surface area contributed by atoms with Crippen LogP contribution in [-0.2, 0) is 0 Å². The molecule has 0 saturated heterocycles. The van der Waals surface area contributed by atoms with Crippen LogP contribution in [0.1, 0.15) is 18.5 Å². The molecule has 3 heteroatoms. The van der Waals surface area contributed by atoms with Gasteiger partial charge in [-0.3, -0.25) is 0 Å². The van der Waals surface area contributed by atoms with Crippen molar-refractivity contribution in [2.24, 2.45) is 0 Å². The van der Waals surface area contributed by atoms with Crippen molar-refractivity contribution in [1.29, 1.82) is 0 Å². The third-order valence-electron chi connectivity index (χ3n) is 2.83. The van der Waals surface area contributed by atoms with E-state index in [1.165, 1.54) is 12.1 Å². The van der Waals surface area contributed by atoms with E-state index >= 15 is 0 Å². The van der Waals surface area contributed by atoms with Crippen LogP contribution in [0.3, 0.4) is 0 Å². The van der Waals surface area contributed by atoms with Crippen LogP contribution in [0.4, 0.5) is 10.1 Å². The predicted molar refractivity (Wildman–Crippen MR) is 71.4 cm³/mol. The van der Waals surface area contributed by atoms with E-state index < -0.39 is 0 Å². The van der Waals surface area contributed by atoms with Gasteiger partial charge < -0.3 is 10.1 Å². The average Bonchev–Trinajstić information content (AvgIpc) is 2.39. The van der Waals surface area contributed by atoms with Crippen molar-refractivity contribution in [2.75, 3.05) is 12.4 Å². The Hall–Kier alpha value is -2.03. The maximum Gasteiger partial charge on any atom is 0.141 e. The van der Waals surface area contributed by atoms with E-state index in [0.717, 1.165) is 17.0 Å². The summed E-state index contributed by atoms with van der Waals surface area (Å²) in [5.41, 5.74) is 1.80. The first-order chi connectivity index (χ1) is 8.70. The highest BCUT2D eigenvalue weighted by atomic mass is 19.1. The van der Waals surface area contributed by atoms with Gasteiger partial charge in [0.1, 0.15) is 11.6 Å². The summed E-state index contributed by atoms with van der Waals surface area (Å²) in [6, 6.07) is 14.3. The lowest BCUT2D eigenvalue weighted by Gasteiger charge is -2.17. The van der Waals surface area contributed by atoms with Crippen molar-refractivity contribution >= 4 is 5.69 Å². The van der Waals surface area contributed by atoms with Crippen molar-refractivity contribution in [3.8, 4) is 5.75 Å². The van der Waals surface area contributed by atoms with Gasteiger partial charge in [-0.15, -0.1) is 0 Å². The number of methoxy groups -OCH3 is 1. The minimum atomic E-state index is -0.221. The van der Waals surface area contributed by atoms with E-state index in [2.05, 4.69) is 5.32 Å². The van der Waals surface area contributed by atoms with Crippen LogP contribution in [-0.4, -0.2) is 7.11 Å². The van der Waals surface area contributed by atoms with Gasteiger partial charge in [0.05, 0.1) is 12.8 Å². The summed E-state index contributed by atoms with van der Waals surface area (Å²) in [7, 11) is 1.63. The third kappa shape index (κ3) is 2.80. The minimum Gasteiger partial charge on any atom is -0.495 e. The maximum absolute atomic E-state index is 13.2. The highest BCUT2D eigenvalue weighted by Crippen LogP contribution is 2.27. The number of ether oxygens (including phenoxy) is 1. The smallest absolute Gasteiger partial charge is 0.141 e. The van der Waals surface area contributed by atoms with Crippen LogP contribution < -0.4 is 10.1 Å². The summed E-state index contributed by atoms with van der Waals surface area (Å²) >= 11 is 0. The second kappa shape index (κ2) is 5.54. The molecule has 2 nitrogen and oxygen atoms in total. The van der Waals surface area contributed by atoms with Gasteiger partial charge in [0.2, 0.25) is 0 Å². The Balaban J connectivity index is 2.18. The molecule has 2 rings (SSSR count). The predicted octanol–water partition coefficient (Wildman–Crippen LogP) is 4.01. The largest absolute Gasteiger partial charge is 0.495 e. The first-order valence-electron chi connectivity index (χ1n) is 5.85. The lowest BCUT2D eigenvalue weighted by Crippen LogP contribution is -2.07. The Morgan fingerprint density at radius 2 is 1.89 bits per heavy atom. The van der Waals surface area contributed by atoms with Crippen LogP contribution in [0.5, 0.6) is 5.75 Å². The molecule has 0 aliphatic heterocycles. The summed E-state index contributed by atoms with van der Waals surface area (Å²) in [5, 5.41) is 3.31. The van der Waals surface area contributed by atoms with Gasteiger partial charge in [0.15, 0.2) is 0 Å². The fourth-order valence-corrected chi connectivity index (χ4v) is 1.86. The van der Waals surface area contributed by atoms with Crippen molar-refractivity contribution in [3.05, 3.63) is 59.9 Å². The van der Waals surface area contributed by atoms with Crippen molar-refractivity contribution in [3.63, 3.8) is 0 Å². The second-order valence-electron chi connectivity index (χ2n) is 4.12. The standard InChI is InChI=1S/C15H16FNO/c1-11(12-6-5-7-13(16)10-12)17-14-8-3-4-9-15(14)18-2/h3-11,17H,1-2H3. The minimum absolute atomic E-state index is 0.0111.